The van der Waals surface area contributed by atoms with Gasteiger partial charge in [-0.1, -0.05) is 12.1 Å². The highest BCUT2D eigenvalue weighted by Gasteiger charge is 2.10. The highest BCUT2D eigenvalue weighted by atomic mass is 79.9. The minimum Gasteiger partial charge on any atom is -0.431 e. The van der Waals surface area contributed by atoms with Gasteiger partial charge in [0.15, 0.2) is 5.76 Å². The van der Waals surface area contributed by atoms with E-state index in [1.165, 1.54) is 12.1 Å². The smallest absolute Gasteiger partial charge is 0.264 e. The van der Waals surface area contributed by atoms with Crippen molar-refractivity contribution in [3.63, 3.8) is 0 Å². The summed E-state index contributed by atoms with van der Waals surface area (Å²) in [5.74, 6) is 0.311. The number of benzene rings is 1. The van der Waals surface area contributed by atoms with Gasteiger partial charge in [0.05, 0.1) is 5.69 Å². The second-order valence-corrected chi connectivity index (χ2v) is 3.57. The lowest BCUT2D eigenvalue weighted by Crippen LogP contribution is -1.80. The lowest BCUT2D eigenvalue weighted by molar-refractivity contribution is 0.541. The molecule has 1 aromatic carbocycles. The number of oxazole rings is 1. The molecule has 0 saturated heterocycles. The van der Waals surface area contributed by atoms with Gasteiger partial charge in [-0.15, -0.1) is 0 Å². The number of aryl methyl sites for hydroxylation is 1. The van der Waals surface area contributed by atoms with Crippen LogP contribution in [0.4, 0.5) is 4.39 Å². The van der Waals surface area contributed by atoms with Gasteiger partial charge in [0.1, 0.15) is 5.82 Å². The second kappa shape index (κ2) is 3.53. The molecule has 72 valence electrons. The van der Waals surface area contributed by atoms with E-state index in [0.29, 0.717) is 16.1 Å². The Morgan fingerprint density at radius 2 is 2.21 bits per heavy atom. The summed E-state index contributed by atoms with van der Waals surface area (Å²) >= 11 is 3.13. The van der Waals surface area contributed by atoms with E-state index in [1.54, 1.807) is 12.1 Å². The molecule has 0 aliphatic heterocycles. The van der Waals surface area contributed by atoms with Crippen LogP contribution in [0.3, 0.4) is 0 Å². The summed E-state index contributed by atoms with van der Waals surface area (Å²) in [4.78, 5) is 4.46. The van der Waals surface area contributed by atoms with Crippen molar-refractivity contribution in [2.45, 2.75) is 6.92 Å². The third kappa shape index (κ3) is 1.70. The predicted molar refractivity (Wildman–Crippen MR) is 54.3 cm³/mol. The second-order valence-electron chi connectivity index (χ2n) is 2.89. The molecule has 0 aliphatic carbocycles. The molecule has 1 heterocycles. The van der Waals surface area contributed by atoms with Crippen LogP contribution < -0.4 is 0 Å². The van der Waals surface area contributed by atoms with Crippen LogP contribution in [0.25, 0.3) is 11.3 Å². The van der Waals surface area contributed by atoms with Crippen LogP contribution in [0.2, 0.25) is 0 Å². The Morgan fingerprint density at radius 1 is 1.43 bits per heavy atom. The molecule has 2 nitrogen and oxygen atoms in total. The van der Waals surface area contributed by atoms with Crippen molar-refractivity contribution in [2.75, 3.05) is 0 Å². The summed E-state index contributed by atoms with van der Waals surface area (Å²) in [7, 11) is 0. The zero-order valence-electron chi connectivity index (χ0n) is 7.42. The Kier molecular flexibility index (Phi) is 2.37. The van der Waals surface area contributed by atoms with Crippen molar-refractivity contribution in [3.05, 3.63) is 40.6 Å². The lowest BCUT2D eigenvalue weighted by atomic mass is 10.1. The van der Waals surface area contributed by atoms with Crippen molar-refractivity contribution in [1.29, 1.82) is 0 Å². The fourth-order valence-electron chi connectivity index (χ4n) is 1.26. The monoisotopic (exact) mass is 255 g/mol. The fourth-order valence-corrected chi connectivity index (χ4v) is 1.69. The van der Waals surface area contributed by atoms with Crippen LogP contribution in [-0.2, 0) is 0 Å². The van der Waals surface area contributed by atoms with E-state index >= 15 is 0 Å². The van der Waals surface area contributed by atoms with Crippen molar-refractivity contribution in [1.82, 2.24) is 4.98 Å². The molecule has 0 spiro atoms. The Labute approximate surface area is 88.9 Å². The average Bonchev–Trinajstić information content (AvgIpc) is 2.45. The summed E-state index contributed by atoms with van der Waals surface area (Å²) in [6.45, 7) is 1.81. The number of rotatable bonds is 1. The molecule has 0 saturated carbocycles. The summed E-state index contributed by atoms with van der Waals surface area (Å²) in [6, 6.07) is 6.23. The van der Waals surface area contributed by atoms with Crippen molar-refractivity contribution in [2.24, 2.45) is 0 Å². The summed E-state index contributed by atoms with van der Waals surface area (Å²) in [6.07, 6.45) is 0. The van der Waals surface area contributed by atoms with Crippen LogP contribution in [0.5, 0.6) is 0 Å². The molecule has 1 aromatic heterocycles. The highest BCUT2D eigenvalue weighted by Crippen LogP contribution is 2.26. The van der Waals surface area contributed by atoms with Gasteiger partial charge in [0.2, 0.25) is 0 Å². The van der Waals surface area contributed by atoms with E-state index in [-0.39, 0.29) is 5.82 Å². The first-order valence-electron chi connectivity index (χ1n) is 4.05. The quantitative estimate of drug-likeness (QED) is 0.779. The molecule has 0 radical (unpaired) electrons. The number of aromatic nitrogens is 1. The minimum atomic E-state index is -0.283. The molecule has 2 aromatic rings. The van der Waals surface area contributed by atoms with Crippen molar-refractivity contribution < 1.29 is 8.81 Å². The van der Waals surface area contributed by atoms with E-state index < -0.39 is 0 Å². The first kappa shape index (κ1) is 9.40. The van der Waals surface area contributed by atoms with Crippen LogP contribution in [0, 0.1) is 12.7 Å². The van der Waals surface area contributed by atoms with Gasteiger partial charge in [-0.2, -0.15) is 0 Å². The van der Waals surface area contributed by atoms with Gasteiger partial charge < -0.3 is 4.42 Å². The molecule has 0 bridgehead atoms. The maximum absolute atomic E-state index is 12.9. The number of halogens is 2. The average molecular weight is 256 g/mol. The molecule has 0 aliphatic rings. The topological polar surface area (TPSA) is 26.0 Å². The van der Waals surface area contributed by atoms with Crippen molar-refractivity contribution >= 4 is 15.9 Å². The Bertz CT molecular complexity index is 467. The molecule has 0 amide bonds. The van der Waals surface area contributed by atoms with Crippen LogP contribution in [0.15, 0.2) is 33.5 Å². The zero-order valence-corrected chi connectivity index (χ0v) is 9.01. The molecule has 2 rings (SSSR count). The van der Waals surface area contributed by atoms with Gasteiger partial charge in [0.25, 0.3) is 4.80 Å². The molecular weight excluding hydrogens is 249 g/mol. The fraction of sp³-hybridized carbons (Fsp3) is 0.100. The lowest BCUT2D eigenvalue weighted by Gasteiger charge is -1.96. The van der Waals surface area contributed by atoms with Gasteiger partial charge >= 0.3 is 0 Å². The standard InChI is InChI=1S/C10H7BrFNO/c1-6-9(14-10(11)13-6)7-3-2-4-8(12)5-7/h2-5H,1H3. The first-order chi connectivity index (χ1) is 6.66. The van der Waals surface area contributed by atoms with Gasteiger partial charge in [-0.05, 0) is 19.1 Å². The zero-order chi connectivity index (χ0) is 10.1. The molecule has 0 N–H and O–H groups in total. The minimum absolute atomic E-state index is 0.283. The highest BCUT2D eigenvalue weighted by molar-refractivity contribution is 9.10. The number of nitrogens with zero attached hydrogens (tertiary/aromatic N) is 1. The summed E-state index contributed by atoms with van der Waals surface area (Å²) in [5, 5.41) is 0. The van der Waals surface area contributed by atoms with E-state index in [4.69, 9.17) is 4.42 Å². The Balaban J connectivity index is 2.54. The largest absolute Gasteiger partial charge is 0.431 e. The van der Waals surface area contributed by atoms with E-state index in [0.717, 1.165) is 5.69 Å². The summed E-state index contributed by atoms with van der Waals surface area (Å²) in [5.41, 5.74) is 1.43. The van der Waals surface area contributed by atoms with E-state index in [9.17, 15) is 4.39 Å². The third-order valence-electron chi connectivity index (χ3n) is 1.86. The Hall–Kier alpha value is -1.16. The van der Waals surface area contributed by atoms with Gasteiger partial charge in [0, 0.05) is 21.5 Å². The molecule has 0 unspecified atom stereocenters. The van der Waals surface area contributed by atoms with Crippen molar-refractivity contribution in [3.8, 4) is 11.3 Å². The Morgan fingerprint density at radius 3 is 2.79 bits per heavy atom. The molecule has 4 heteroatoms. The van der Waals surface area contributed by atoms with Crippen LogP contribution >= 0.6 is 15.9 Å². The summed E-state index contributed by atoms with van der Waals surface area (Å²) < 4.78 is 18.2. The SMILES string of the molecule is Cc1nc(Br)oc1-c1cccc(F)c1. The van der Waals surface area contributed by atoms with E-state index in [2.05, 4.69) is 20.9 Å². The normalized spacial score (nSPS) is 10.5. The number of hydrogen-bond donors (Lipinski definition) is 0. The predicted octanol–water partition coefficient (Wildman–Crippen LogP) is 3.55. The first-order valence-corrected chi connectivity index (χ1v) is 4.85. The molecule has 0 fully saturated rings. The van der Waals surface area contributed by atoms with E-state index in [1.807, 2.05) is 6.92 Å². The van der Waals surface area contributed by atoms with Crippen LogP contribution in [0.1, 0.15) is 5.69 Å². The maximum Gasteiger partial charge on any atom is 0.264 e. The van der Waals surface area contributed by atoms with Crippen LogP contribution in [-0.4, -0.2) is 4.98 Å². The molecule has 0 atom stereocenters. The molecule has 14 heavy (non-hydrogen) atoms. The maximum atomic E-state index is 12.9. The molecular formula is C10H7BrFNO. The van der Waals surface area contributed by atoms with Gasteiger partial charge in [-0.3, -0.25) is 0 Å². The van der Waals surface area contributed by atoms with Gasteiger partial charge in [-0.25, -0.2) is 9.37 Å². The third-order valence-corrected chi connectivity index (χ3v) is 2.20. The number of hydrogen-bond acceptors (Lipinski definition) is 2.